The van der Waals surface area contributed by atoms with Crippen LogP contribution >= 0.6 is 22.7 Å². The minimum atomic E-state index is 0.133. The Morgan fingerprint density at radius 3 is 2.83 bits per heavy atom. The molecule has 0 bridgehead atoms. The van der Waals surface area contributed by atoms with E-state index in [0.717, 1.165) is 16.5 Å². The minimum Gasteiger partial charge on any atom is -0.395 e. The van der Waals surface area contributed by atoms with Gasteiger partial charge in [0.05, 0.1) is 29.9 Å². The van der Waals surface area contributed by atoms with E-state index in [4.69, 9.17) is 5.11 Å². The molecule has 0 aliphatic rings. The fourth-order valence-corrected chi connectivity index (χ4v) is 3.73. The second kappa shape index (κ2) is 7.54. The van der Waals surface area contributed by atoms with Gasteiger partial charge in [-0.3, -0.25) is 0 Å². The highest BCUT2D eigenvalue weighted by molar-refractivity contribution is 7.20. The maximum absolute atomic E-state index is 8.95. The summed E-state index contributed by atoms with van der Waals surface area (Å²) in [5.41, 5.74) is 0.988. The summed E-state index contributed by atoms with van der Waals surface area (Å²) in [6.07, 6.45) is 3.72. The third-order valence-electron chi connectivity index (χ3n) is 3.35. The van der Waals surface area contributed by atoms with Crippen LogP contribution in [0.15, 0.2) is 42.0 Å². The molecule has 0 aromatic carbocycles. The lowest BCUT2D eigenvalue weighted by Crippen LogP contribution is -2.21. The van der Waals surface area contributed by atoms with Crippen LogP contribution < -0.4 is 10.2 Å². The van der Waals surface area contributed by atoms with Crippen LogP contribution in [0.25, 0.3) is 9.88 Å². The average molecular weight is 346 g/mol. The first-order valence-electron chi connectivity index (χ1n) is 7.27. The Hall–Kier alpha value is -1.96. The molecule has 0 atom stereocenters. The number of anilines is 2. The number of rotatable bonds is 7. The van der Waals surface area contributed by atoms with Crippen molar-refractivity contribution in [1.82, 2.24) is 9.97 Å². The molecule has 3 rings (SSSR count). The summed E-state index contributed by atoms with van der Waals surface area (Å²) in [5.74, 6) is 0.831. The number of nitrogens with one attached hydrogen (secondary N) is 1. The van der Waals surface area contributed by atoms with Crippen molar-refractivity contribution in [3.63, 3.8) is 0 Å². The molecule has 0 saturated carbocycles. The zero-order valence-electron chi connectivity index (χ0n) is 12.8. The van der Waals surface area contributed by atoms with Gasteiger partial charge in [0.2, 0.25) is 0 Å². The number of pyridine rings is 1. The number of aliphatic hydroxyl groups excluding tert-OH is 1. The van der Waals surface area contributed by atoms with Gasteiger partial charge >= 0.3 is 0 Å². The van der Waals surface area contributed by atoms with E-state index in [1.807, 2.05) is 42.5 Å². The van der Waals surface area contributed by atoms with Crippen LogP contribution in [0.5, 0.6) is 0 Å². The predicted molar refractivity (Wildman–Crippen MR) is 97.3 cm³/mol. The number of thiazole rings is 1. The Labute approximate surface area is 143 Å². The Bertz CT molecular complexity index is 725. The number of likely N-dealkylation sites (N-methyl/N-ethyl adjacent to an activating group) is 1. The first kappa shape index (κ1) is 15.9. The monoisotopic (exact) mass is 346 g/mol. The molecule has 5 nitrogen and oxygen atoms in total. The smallest absolute Gasteiger partial charge is 0.133 e. The van der Waals surface area contributed by atoms with Crippen molar-refractivity contribution in [3.05, 3.63) is 46.9 Å². The topological polar surface area (TPSA) is 61.3 Å². The second-order valence-corrected chi connectivity index (χ2v) is 7.07. The fraction of sp³-hybridized carbons (Fsp3) is 0.250. The zero-order valence-corrected chi connectivity index (χ0v) is 14.4. The highest BCUT2D eigenvalue weighted by atomic mass is 32.1. The van der Waals surface area contributed by atoms with Crippen molar-refractivity contribution in [2.45, 2.75) is 6.54 Å². The Balaban J connectivity index is 1.58. The summed E-state index contributed by atoms with van der Waals surface area (Å²) in [6, 6.07) is 8.07. The van der Waals surface area contributed by atoms with Gasteiger partial charge in [0.1, 0.15) is 10.8 Å². The van der Waals surface area contributed by atoms with Crippen molar-refractivity contribution in [1.29, 1.82) is 0 Å². The molecule has 0 fully saturated rings. The van der Waals surface area contributed by atoms with E-state index in [-0.39, 0.29) is 6.61 Å². The normalized spacial score (nSPS) is 10.7. The van der Waals surface area contributed by atoms with Crippen LogP contribution in [0.1, 0.15) is 4.88 Å². The summed E-state index contributed by atoms with van der Waals surface area (Å²) in [5, 5.41) is 15.4. The maximum atomic E-state index is 8.95. The standard InChI is InChI=1S/C16H18N4OS2/c1-20(6-7-21)12-4-5-15(17-9-12)18-10-13-11-19-16(23-13)14-3-2-8-22-14/h2-5,8-9,11,21H,6-7,10H2,1H3,(H,17,18). The van der Waals surface area contributed by atoms with E-state index in [2.05, 4.69) is 26.7 Å². The molecule has 23 heavy (non-hydrogen) atoms. The summed E-state index contributed by atoms with van der Waals surface area (Å²) in [6.45, 7) is 1.44. The van der Waals surface area contributed by atoms with Gasteiger partial charge in [0.15, 0.2) is 0 Å². The number of hydrogen-bond donors (Lipinski definition) is 2. The van der Waals surface area contributed by atoms with Crippen LogP contribution in [-0.2, 0) is 6.54 Å². The largest absolute Gasteiger partial charge is 0.395 e. The van der Waals surface area contributed by atoms with E-state index in [0.29, 0.717) is 13.1 Å². The summed E-state index contributed by atoms with van der Waals surface area (Å²) < 4.78 is 0. The zero-order chi connectivity index (χ0) is 16.1. The summed E-state index contributed by atoms with van der Waals surface area (Å²) >= 11 is 3.40. The molecule has 0 radical (unpaired) electrons. The van der Waals surface area contributed by atoms with Crippen LogP contribution in [0.2, 0.25) is 0 Å². The van der Waals surface area contributed by atoms with E-state index in [1.165, 1.54) is 9.75 Å². The van der Waals surface area contributed by atoms with Gasteiger partial charge in [0.25, 0.3) is 0 Å². The Morgan fingerprint density at radius 1 is 1.22 bits per heavy atom. The van der Waals surface area contributed by atoms with Gasteiger partial charge in [-0.05, 0) is 23.6 Å². The van der Waals surface area contributed by atoms with Gasteiger partial charge in [-0.2, -0.15) is 0 Å². The van der Waals surface area contributed by atoms with Crippen molar-refractivity contribution in [2.75, 3.05) is 30.4 Å². The Kier molecular flexibility index (Phi) is 5.22. The third kappa shape index (κ3) is 4.07. The number of aliphatic hydroxyl groups is 1. The van der Waals surface area contributed by atoms with Crippen molar-refractivity contribution >= 4 is 34.2 Å². The number of nitrogens with zero attached hydrogens (tertiary/aromatic N) is 3. The van der Waals surface area contributed by atoms with Gasteiger partial charge in [-0.1, -0.05) is 6.07 Å². The van der Waals surface area contributed by atoms with E-state index < -0.39 is 0 Å². The third-order valence-corrected chi connectivity index (χ3v) is 5.39. The first-order chi connectivity index (χ1) is 11.3. The Morgan fingerprint density at radius 2 is 2.13 bits per heavy atom. The molecule has 7 heteroatoms. The lowest BCUT2D eigenvalue weighted by atomic mass is 10.3. The SMILES string of the molecule is CN(CCO)c1ccc(NCc2cnc(-c3cccs3)s2)nc1. The molecular formula is C16H18N4OS2. The first-order valence-corrected chi connectivity index (χ1v) is 8.96. The van der Waals surface area contributed by atoms with Crippen LogP contribution in [0.4, 0.5) is 11.5 Å². The van der Waals surface area contributed by atoms with E-state index in [1.54, 1.807) is 22.7 Å². The van der Waals surface area contributed by atoms with Crippen LogP contribution in [-0.4, -0.2) is 35.3 Å². The van der Waals surface area contributed by atoms with E-state index >= 15 is 0 Å². The lowest BCUT2D eigenvalue weighted by molar-refractivity contribution is 0.304. The van der Waals surface area contributed by atoms with Crippen molar-refractivity contribution in [3.8, 4) is 9.88 Å². The summed E-state index contributed by atoms with van der Waals surface area (Å²) in [7, 11) is 1.93. The molecular weight excluding hydrogens is 328 g/mol. The van der Waals surface area contributed by atoms with Gasteiger partial charge < -0.3 is 15.3 Å². The number of thiophene rings is 1. The molecule has 3 heterocycles. The molecule has 0 amide bonds. The predicted octanol–water partition coefficient (Wildman–Crippen LogP) is 3.31. The molecule has 0 aliphatic carbocycles. The van der Waals surface area contributed by atoms with Gasteiger partial charge in [0, 0.05) is 24.7 Å². The van der Waals surface area contributed by atoms with Crippen LogP contribution in [0, 0.1) is 0 Å². The van der Waals surface area contributed by atoms with Gasteiger partial charge in [-0.25, -0.2) is 9.97 Å². The highest BCUT2D eigenvalue weighted by Crippen LogP contribution is 2.29. The fourth-order valence-electron chi connectivity index (χ4n) is 2.08. The number of aromatic nitrogens is 2. The quantitative estimate of drug-likeness (QED) is 0.687. The van der Waals surface area contributed by atoms with Gasteiger partial charge in [-0.15, -0.1) is 22.7 Å². The molecule has 0 saturated heterocycles. The van der Waals surface area contributed by atoms with E-state index in [9.17, 15) is 0 Å². The molecule has 0 aliphatic heterocycles. The summed E-state index contributed by atoms with van der Waals surface area (Å²) in [4.78, 5) is 13.2. The molecule has 2 N–H and O–H groups in total. The molecule has 3 aromatic heterocycles. The molecule has 0 spiro atoms. The van der Waals surface area contributed by atoms with Crippen molar-refractivity contribution in [2.24, 2.45) is 0 Å². The van der Waals surface area contributed by atoms with Crippen molar-refractivity contribution < 1.29 is 5.11 Å². The lowest BCUT2D eigenvalue weighted by Gasteiger charge is -2.17. The molecule has 3 aromatic rings. The number of hydrogen-bond acceptors (Lipinski definition) is 7. The molecule has 120 valence electrons. The average Bonchev–Trinajstić information content (AvgIpc) is 3.25. The second-order valence-electron chi connectivity index (χ2n) is 5.01. The molecule has 0 unspecified atom stereocenters. The van der Waals surface area contributed by atoms with Crippen LogP contribution in [0.3, 0.4) is 0 Å². The highest BCUT2D eigenvalue weighted by Gasteiger charge is 2.06. The minimum absolute atomic E-state index is 0.133. The maximum Gasteiger partial charge on any atom is 0.133 e.